The maximum atomic E-state index is 11.2. The van der Waals surface area contributed by atoms with E-state index in [0.29, 0.717) is 6.42 Å². The zero-order chi connectivity index (χ0) is 10.1. The molecule has 0 aliphatic carbocycles. The van der Waals surface area contributed by atoms with E-state index in [4.69, 9.17) is 4.74 Å². The number of aromatic nitrogens is 2. The lowest BCUT2D eigenvalue weighted by molar-refractivity contribution is -0.118. The number of aryl methyl sites for hydroxylation is 1. The molecule has 0 spiro atoms. The topological polar surface area (TPSA) is 44.1 Å². The third kappa shape index (κ3) is 1.43. The molecule has 0 N–H and O–H groups in total. The Morgan fingerprint density at radius 2 is 2.43 bits per heavy atom. The standard InChI is InChI=1S/C10H12N2O2/c1-7-9(6-11-12(7)2)10-5-8(13)3-4-14-10/h3-4,6,10H,5H2,1-2H3. The van der Waals surface area contributed by atoms with Crippen molar-refractivity contribution >= 4 is 5.78 Å². The molecular weight excluding hydrogens is 180 g/mol. The van der Waals surface area contributed by atoms with Crippen LogP contribution in [0.2, 0.25) is 0 Å². The minimum Gasteiger partial charge on any atom is -0.493 e. The molecule has 2 heterocycles. The largest absolute Gasteiger partial charge is 0.493 e. The van der Waals surface area contributed by atoms with Crippen LogP contribution < -0.4 is 0 Å². The average Bonchev–Trinajstić information content (AvgIpc) is 2.48. The van der Waals surface area contributed by atoms with Gasteiger partial charge in [0.2, 0.25) is 0 Å². The molecule has 0 radical (unpaired) electrons. The van der Waals surface area contributed by atoms with Gasteiger partial charge in [0, 0.05) is 24.4 Å². The van der Waals surface area contributed by atoms with Crippen LogP contribution >= 0.6 is 0 Å². The number of carbonyl (C=O) groups excluding carboxylic acids is 1. The Hall–Kier alpha value is -1.58. The van der Waals surface area contributed by atoms with Crippen LogP contribution in [0.4, 0.5) is 0 Å². The number of carbonyl (C=O) groups is 1. The minimum atomic E-state index is -0.166. The minimum absolute atomic E-state index is 0.101. The fourth-order valence-electron chi connectivity index (χ4n) is 1.52. The Bertz CT molecular complexity index is 393. The number of allylic oxidation sites excluding steroid dienone is 1. The van der Waals surface area contributed by atoms with Crippen LogP contribution in [0.5, 0.6) is 0 Å². The van der Waals surface area contributed by atoms with E-state index < -0.39 is 0 Å². The van der Waals surface area contributed by atoms with Gasteiger partial charge in [0.1, 0.15) is 6.10 Å². The highest BCUT2D eigenvalue weighted by Gasteiger charge is 2.22. The molecule has 4 heteroatoms. The first kappa shape index (κ1) is 8.99. The molecular formula is C10H12N2O2. The Balaban J connectivity index is 2.28. The molecule has 1 aromatic heterocycles. The van der Waals surface area contributed by atoms with Gasteiger partial charge in [-0.3, -0.25) is 9.48 Å². The van der Waals surface area contributed by atoms with Gasteiger partial charge in [-0.1, -0.05) is 0 Å². The van der Waals surface area contributed by atoms with E-state index in [1.807, 2.05) is 14.0 Å². The van der Waals surface area contributed by atoms with Crippen LogP contribution in [0.15, 0.2) is 18.5 Å². The second-order valence-electron chi connectivity index (χ2n) is 3.41. The molecule has 1 atom stereocenters. The summed E-state index contributed by atoms with van der Waals surface area (Å²) in [5, 5.41) is 4.12. The first-order valence-corrected chi connectivity index (χ1v) is 4.52. The van der Waals surface area contributed by atoms with Crippen molar-refractivity contribution < 1.29 is 9.53 Å². The first-order valence-electron chi connectivity index (χ1n) is 4.52. The maximum Gasteiger partial charge on any atom is 0.162 e. The Labute approximate surface area is 82.2 Å². The van der Waals surface area contributed by atoms with Gasteiger partial charge in [0.25, 0.3) is 0 Å². The van der Waals surface area contributed by atoms with E-state index in [9.17, 15) is 4.79 Å². The molecule has 0 saturated carbocycles. The second kappa shape index (κ2) is 3.29. The van der Waals surface area contributed by atoms with Crippen molar-refractivity contribution in [3.8, 4) is 0 Å². The second-order valence-corrected chi connectivity index (χ2v) is 3.41. The van der Waals surface area contributed by atoms with Gasteiger partial charge in [-0.15, -0.1) is 0 Å². The van der Waals surface area contributed by atoms with Crippen LogP contribution in [0.25, 0.3) is 0 Å². The molecule has 0 amide bonds. The zero-order valence-electron chi connectivity index (χ0n) is 8.23. The van der Waals surface area contributed by atoms with Crippen LogP contribution in [0.3, 0.4) is 0 Å². The number of nitrogens with zero attached hydrogens (tertiary/aromatic N) is 2. The summed E-state index contributed by atoms with van der Waals surface area (Å²) >= 11 is 0. The lowest BCUT2D eigenvalue weighted by Gasteiger charge is -2.18. The van der Waals surface area contributed by atoms with E-state index in [2.05, 4.69) is 5.10 Å². The van der Waals surface area contributed by atoms with Crippen molar-refractivity contribution in [1.82, 2.24) is 9.78 Å². The summed E-state index contributed by atoms with van der Waals surface area (Å²) in [5.41, 5.74) is 2.03. The van der Waals surface area contributed by atoms with Crippen molar-refractivity contribution in [2.45, 2.75) is 19.4 Å². The number of rotatable bonds is 1. The average molecular weight is 192 g/mol. The van der Waals surface area contributed by atoms with E-state index in [1.54, 1.807) is 10.9 Å². The number of hydrogen-bond donors (Lipinski definition) is 0. The summed E-state index contributed by atoms with van der Waals surface area (Å²) in [6.07, 6.45) is 4.92. The number of ether oxygens (including phenoxy) is 1. The van der Waals surface area contributed by atoms with Crippen molar-refractivity contribution in [2.75, 3.05) is 0 Å². The molecule has 0 saturated heterocycles. The molecule has 0 aromatic carbocycles. The summed E-state index contributed by atoms with van der Waals surface area (Å²) in [7, 11) is 1.87. The fraction of sp³-hybridized carbons (Fsp3) is 0.400. The van der Waals surface area contributed by atoms with Crippen LogP contribution in [-0.4, -0.2) is 15.6 Å². The molecule has 2 rings (SSSR count). The lowest BCUT2D eigenvalue weighted by atomic mass is 10.0. The molecule has 1 aliphatic rings. The van der Waals surface area contributed by atoms with Crippen molar-refractivity contribution in [3.05, 3.63) is 29.8 Å². The van der Waals surface area contributed by atoms with Crippen LogP contribution in [-0.2, 0) is 16.6 Å². The lowest BCUT2D eigenvalue weighted by Crippen LogP contribution is -2.11. The van der Waals surface area contributed by atoms with E-state index >= 15 is 0 Å². The Kier molecular flexibility index (Phi) is 2.11. The zero-order valence-corrected chi connectivity index (χ0v) is 8.23. The predicted octanol–water partition coefficient (Wildman–Crippen LogP) is 1.27. The molecule has 1 aliphatic heterocycles. The molecule has 14 heavy (non-hydrogen) atoms. The van der Waals surface area contributed by atoms with Gasteiger partial charge < -0.3 is 4.74 Å². The quantitative estimate of drug-likeness (QED) is 0.673. The summed E-state index contributed by atoms with van der Waals surface area (Å²) in [6, 6.07) is 0. The molecule has 0 bridgehead atoms. The Morgan fingerprint density at radius 3 is 3.00 bits per heavy atom. The maximum absolute atomic E-state index is 11.2. The molecule has 1 aromatic rings. The molecule has 1 unspecified atom stereocenters. The third-order valence-corrected chi connectivity index (χ3v) is 2.50. The van der Waals surface area contributed by atoms with E-state index in [1.165, 1.54) is 12.3 Å². The number of hydrogen-bond acceptors (Lipinski definition) is 3. The Morgan fingerprint density at radius 1 is 1.64 bits per heavy atom. The molecule has 0 fully saturated rings. The highest BCUT2D eigenvalue weighted by atomic mass is 16.5. The molecule has 4 nitrogen and oxygen atoms in total. The normalized spacial score (nSPS) is 21.0. The summed E-state index contributed by atoms with van der Waals surface area (Å²) in [4.78, 5) is 11.2. The summed E-state index contributed by atoms with van der Waals surface area (Å²) in [5.74, 6) is 0.101. The van der Waals surface area contributed by atoms with E-state index in [-0.39, 0.29) is 11.9 Å². The van der Waals surface area contributed by atoms with Gasteiger partial charge in [-0.05, 0) is 6.92 Å². The van der Waals surface area contributed by atoms with Gasteiger partial charge in [0.05, 0.1) is 18.9 Å². The van der Waals surface area contributed by atoms with Crippen molar-refractivity contribution in [1.29, 1.82) is 0 Å². The highest BCUT2D eigenvalue weighted by molar-refractivity contribution is 5.90. The monoisotopic (exact) mass is 192 g/mol. The van der Waals surface area contributed by atoms with E-state index in [0.717, 1.165) is 11.3 Å². The third-order valence-electron chi connectivity index (χ3n) is 2.50. The van der Waals surface area contributed by atoms with Gasteiger partial charge in [0.15, 0.2) is 5.78 Å². The fourth-order valence-corrected chi connectivity index (χ4v) is 1.52. The summed E-state index contributed by atoms with van der Waals surface area (Å²) < 4.78 is 7.15. The smallest absolute Gasteiger partial charge is 0.162 e. The number of ketones is 1. The highest BCUT2D eigenvalue weighted by Crippen LogP contribution is 2.26. The van der Waals surface area contributed by atoms with Crippen molar-refractivity contribution in [3.63, 3.8) is 0 Å². The van der Waals surface area contributed by atoms with Crippen LogP contribution in [0.1, 0.15) is 23.8 Å². The van der Waals surface area contributed by atoms with Gasteiger partial charge >= 0.3 is 0 Å². The predicted molar refractivity (Wildman–Crippen MR) is 50.5 cm³/mol. The van der Waals surface area contributed by atoms with Gasteiger partial charge in [-0.2, -0.15) is 5.10 Å². The van der Waals surface area contributed by atoms with Crippen molar-refractivity contribution in [2.24, 2.45) is 7.05 Å². The SMILES string of the molecule is Cc1c(C2CC(=O)C=CO2)cnn1C. The molecule has 74 valence electrons. The van der Waals surface area contributed by atoms with Gasteiger partial charge in [-0.25, -0.2) is 0 Å². The summed E-state index contributed by atoms with van der Waals surface area (Å²) in [6.45, 7) is 1.97. The first-order chi connectivity index (χ1) is 6.68. The van der Waals surface area contributed by atoms with Crippen LogP contribution in [0, 0.1) is 6.92 Å².